The Labute approximate surface area is 280 Å². The number of hydrogen-bond donors (Lipinski definition) is 6. The molecule has 1 aromatic carbocycles. The van der Waals surface area contributed by atoms with Gasteiger partial charge in [-0.25, -0.2) is 4.79 Å². The molecule has 3 saturated heterocycles. The lowest BCUT2D eigenvalue weighted by Gasteiger charge is -2.68. The number of fused-ring (bicyclic) bond motifs is 5. The van der Waals surface area contributed by atoms with Crippen LogP contribution >= 0.6 is 0 Å². The number of carbonyl (C=O) groups is 1. The minimum Gasteiger partial charge on any atom is -0.493 e. The summed E-state index contributed by atoms with van der Waals surface area (Å²) in [6.45, 7) is 6.57. The Balaban J connectivity index is 1.16. The summed E-state index contributed by atoms with van der Waals surface area (Å²) in [6.07, 6.45) is 0.172. The van der Waals surface area contributed by atoms with Crippen molar-refractivity contribution in [3.05, 3.63) is 23.8 Å². The molecule has 0 aromatic heterocycles. The predicted molar refractivity (Wildman–Crippen MR) is 169 cm³/mol. The summed E-state index contributed by atoms with van der Waals surface area (Å²) in [7, 11) is 2.97. The molecule has 1 spiro atoms. The number of methoxy groups -OCH3 is 2. The summed E-state index contributed by atoms with van der Waals surface area (Å²) in [5, 5.41) is 74.7. The summed E-state index contributed by atoms with van der Waals surface area (Å²) in [5.74, 6) is -3.63. The van der Waals surface area contributed by atoms with E-state index in [1.807, 2.05) is 6.92 Å². The van der Waals surface area contributed by atoms with Crippen LogP contribution in [0.15, 0.2) is 18.2 Å². The molecule has 4 bridgehead atoms. The normalized spacial score (nSPS) is 53.6. The SMILES string of the molecule is COc1ccc(C(=O)O[C@@H]2CC[C@@]3(C)[C@H]4CC[C@H]5[C@]6(O)C[C@H](O)[C@@]7(O)[C@@H](CN8C[C@@H](C)CC[C@H]8[C@@]7(C)O)[C@]6(O)C[C@@]53O[C@]24O)cc1OC. The van der Waals surface area contributed by atoms with Gasteiger partial charge in [-0.05, 0) is 69.6 Å². The second-order valence-corrected chi connectivity index (χ2v) is 16.8. The zero-order valence-corrected chi connectivity index (χ0v) is 28.5. The number of hydrogen-bond acceptors (Lipinski definition) is 12. The van der Waals surface area contributed by atoms with Gasteiger partial charge in [0.15, 0.2) is 17.6 Å². The number of nitrogens with zero attached hydrogens (tertiary/aromatic N) is 1. The van der Waals surface area contributed by atoms with Gasteiger partial charge < -0.3 is 49.6 Å². The highest BCUT2D eigenvalue weighted by atomic mass is 16.7. The molecule has 4 saturated carbocycles. The van der Waals surface area contributed by atoms with Crippen LogP contribution in [0.3, 0.4) is 0 Å². The molecule has 0 radical (unpaired) electrons. The van der Waals surface area contributed by atoms with Crippen molar-refractivity contribution < 1.29 is 54.4 Å². The van der Waals surface area contributed by atoms with E-state index in [4.69, 9.17) is 18.9 Å². The quantitative estimate of drug-likeness (QED) is 0.253. The second-order valence-electron chi connectivity index (χ2n) is 16.8. The van der Waals surface area contributed by atoms with E-state index in [0.717, 1.165) is 6.42 Å². The second kappa shape index (κ2) is 10.1. The molecule has 3 heterocycles. The molecule has 7 aliphatic rings. The Morgan fingerprint density at radius 3 is 2.31 bits per heavy atom. The number of piperidine rings is 2. The van der Waals surface area contributed by atoms with Crippen LogP contribution in [0.5, 0.6) is 11.5 Å². The Kier molecular flexibility index (Phi) is 6.94. The van der Waals surface area contributed by atoms with Gasteiger partial charge >= 0.3 is 5.97 Å². The van der Waals surface area contributed by atoms with Crippen molar-refractivity contribution in [1.82, 2.24) is 4.90 Å². The third kappa shape index (κ3) is 3.66. The number of aliphatic hydroxyl groups excluding tert-OH is 1. The van der Waals surface area contributed by atoms with E-state index in [1.54, 1.807) is 19.1 Å². The first-order chi connectivity index (χ1) is 22.5. The first-order valence-electron chi connectivity index (χ1n) is 17.6. The molecular formula is C36H51NO11. The zero-order chi connectivity index (χ0) is 34.4. The molecule has 4 aliphatic carbocycles. The maximum atomic E-state index is 13.5. The first kappa shape index (κ1) is 33.1. The minimum absolute atomic E-state index is 0.101. The predicted octanol–water partition coefficient (Wildman–Crippen LogP) is 1.36. The van der Waals surface area contributed by atoms with Crippen molar-refractivity contribution >= 4 is 5.97 Å². The van der Waals surface area contributed by atoms with Crippen molar-refractivity contribution in [2.75, 3.05) is 27.3 Å². The summed E-state index contributed by atoms with van der Waals surface area (Å²) < 4.78 is 23.5. The van der Waals surface area contributed by atoms with Crippen LogP contribution in [0, 0.1) is 29.1 Å². The van der Waals surface area contributed by atoms with E-state index in [0.29, 0.717) is 56.1 Å². The molecule has 8 rings (SSSR count). The molecule has 7 fully saturated rings. The van der Waals surface area contributed by atoms with Gasteiger partial charge in [0.05, 0.1) is 31.5 Å². The Morgan fingerprint density at radius 2 is 1.60 bits per heavy atom. The van der Waals surface area contributed by atoms with Crippen LogP contribution in [0.2, 0.25) is 0 Å². The number of esters is 1. The third-order valence-corrected chi connectivity index (χ3v) is 14.9. The maximum absolute atomic E-state index is 13.5. The number of aliphatic hydroxyl groups is 6. The average molecular weight is 674 g/mol. The molecule has 12 heteroatoms. The van der Waals surface area contributed by atoms with Crippen molar-refractivity contribution in [2.45, 2.75) is 124 Å². The molecular weight excluding hydrogens is 622 g/mol. The molecule has 12 nitrogen and oxygen atoms in total. The highest BCUT2D eigenvalue weighted by Crippen LogP contribution is 2.78. The van der Waals surface area contributed by atoms with E-state index >= 15 is 0 Å². The zero-order valence-electron chi connectivity index (χ0n) is 28.5. The highest BCUT2D eigenvalue weighted by Gasteiger charge is 2.88. The van der Waals surface area contributed by atoms with Crippen LogP contribution in [-0.2, 0) is 9.47 Å². The Hall–Kier alpha value is -2.03. The largest absolute Gasteiger partial charge is 0.493 e. The van der Waals surface area contributed by atoms with Crippen LogP contribution in [0.4, 0.5) is 0 Å². The Morgan fingerprint density at radius 1 is 0.896 bits per heavy atom. The van der Waals surface area contributed by atoms with E-state index in [9.17, 15) is 35.4 Å². The van der Waals surface area contributed by atoms with Gasteiger partial charge in [-0.15, -0.1) is 0 Å². The van der Waals surface area contributed by atoms with Crippen LogP contribution in [0.25, 0.3) is 0 Å². The van der Waals surface area contributed by atoms with Gasteiger partial charge in [-0.2, -0.15) is 0 Å². The lowest BCUT2D eigenvalue weighted by molar-refractivity contribution is -0.354. The lowest BCUT2D eigenvalue weighted by atomic mass is 9.49. The number of rotatable bonds is 4. The van der Waals surface area contributed by atoms with Crippen molar-refractivity contribution in [2.24, 2.45) is 29.1 Å². The van der Waals surface area contributed by atoms with Gasteiger partial charge in [-0.3, -0.25) is 4.90 Å². The van der Waals surface area contributed by atoms with Gasteiger partial charge in [0.25, 0.3) is 0 Å². The van der Waals surface area contributed by atoms with E-state index in [2.05, 4.69) is 11.8 Å². The van der Waals surface area contributed by atoms with E-state index in [-0.39, 0.29) is 24.9 Å². The fourth-order valence-corrected chi connectivity index (χ4v) is 12.6. The van der Waals surface area contributed by atoms with Crippen molar-refractivity contribution in [1.29, 1.82) is 0 Å². The fourth-order valence-electron chi connectivity index (χ4n) is 12.6. The summed E-state index contributed by atoms with van der Waals surface area (Å²) in [6, 6.07) is 4.28. The molecule has 0 amide bonds. The summed E-state index contributed by atoms with van der Waals surface area (Å²) in [4.78, 5) is 15.6. The van der Waals surface area contributed by atoms with Crippen molar-refractivity contribution in [3.63, 3.8) is 0 Å². The minimum atomic E-state index is -2.10. The number of benzene rings is 1. The van der Waals surface area contributed by atoms with E-state index in [1.165, 1.54) is 20.3 Å². The first-order valence-corrected chi connectivity index (χ1v) is 17.6. The third-order valence-electron chi connectivity index (χ3n) is 14.9. The van der Waals surface area contributed by atoms with Crippen molar-refractivity contribution in [3.8, 4) is 11.5 Å². The smallest absolute Gasteiger partial charge is 0.338 e. The average Bonchev–Trinajstić information content (AvgIpc) is 3.21. The maximum Gasteiger partial charge on any atom is 0.338 e. The highest BCUT2D eigenvalue weighted by molar-refractivity contribution is 5.90. The van der Waals surface area contributed by atoms with Crippen LogP contribution < -0.4 is 9.47 Å². The molecule has 14 atom stereocenters. The fraction of sp³-hybridized carbons (Fsp3) is 0.806. The molecule has 1 aromatic rings. The van der Waals surface area contributed by atoms with Gasteiger partial charge in [0.2, 0.25) is 5.79 Å². The molecule has 3 aliphatic heterocycles. The standard InChI is InChI=1S/C36H51NO11/c1-19-6-11-26-31(3,40)35(43)25(17-37(26)16-19)33(42)18-34-24(32(33,41)15-27(35)38)10-9-23-30(34,2)13-12-28(36(23,44)48-34)47-29(39)20-7-8-21(45-4)22(14-20)46-5/h7-8,14,19,23-28,38,40-44H,6,9-13,15-18H2,1-5H3/t19-,23+,24-,25-,26-,27-,28+,30-,31+,32+,33+,34+,35-,36-/m0/s1. The Bertz CT molecular complexity index is 1520. The van der Waals surface area contributed by atoms with Crippen LogP contribution in [-0.4, -0.2) is 121 Å². The lowest BCUT2D eigenvalue weighted by Crippen LogP contribution is -2.85. The van der Waals surface area contributed by atoms with Gasteiger partial charge in [0, 0.05) is 55.1 Å². The summed E-state index contributed by atoms with van der Waals surface area (Å²) >= 11 is 0. The van der Waals surface area contributed by atoms with Gasteiger partial charge in [0.1, 0.15) is 22.4 Å². The number of ether oxygens (including phenoxy) is 4. The molecule has 0 unspecified atom stereocenters. The number of carbonyl (C=O) groups excluding carboxylic acids is 1. The topological polar surface area (TPSA) is 179 Å². The van der Waals surface area contributed by atoms with Gasteiger partial charge in [-0.1, -0.05) is 13.8 Å². The molecule has 48 heavy (non-hydrogen) atoms. The summed E-state index contributed by atoms with van der Waals surface area (Å²) in [5.41, 5.74) is -9.44. The monoisotopic (exact) mass is 673 g/mol. The molecule has 6 N–H and O–H groups in total. The molecule has 266 valence electrons. The van der Waals surface area contributed by atoms with Crippen LogP contribution in [0.1, 0.15) is 82.5 Å². The van der Waals surface area contributed by atoms with E-state index < -0.39 is 81.2 Å².